The van der Waals surface area contributed by atoms with Crippen LogP contribution in [0.2, 0.25) is 0 Å². The van der Waals surface area contributed by atoms with Crippen LogP contribution in [-0.4, -0.2) is 18.4 Å². The standard InChI is InChI=1S/C11H11ClN2O3S/c1-6(2)10-13-9-4-3-7(18(12,16)17)5-8(9)11(15)14-10/h3-6H,1-2H3,(H,13,14,15). The lowest BCUT2D eigenvalue weighted by atomic mass is 10.2. The van der Waals surface area contributed by atoms with Crippen molar-refractivity contribution in [3.8, 4) is 0 Å². The maximum absolute atomic E-state index is 11.8. The molecule has 0 bridgehead atoms. The quantitative estimate of drug-likeness (QED) is 0.856. The van der Waals surface area contributed by atoms with Gasteiger partial charge in [0, 0.05) is 16.6 Å². The molecule has 18 heavy (non-hydrogen) atoms. The summed E-state index contributed by atoms with van der Waals surface area (Å²) < 4.78 is 22.4. The van der Waals surface area contributed by atoms with Gasteiger partial charge >= 0.3 is 0 Å². The van der Waals surface area contributed by atoms with Crippen LogP contribution in [0.4, 0.5) is 0 Å². The number of benzene rings is 1. The van der Waals surface area contributed by atoms with Gasteiger partial charge in [0.25, 0.3) is 14.6 Å². The highest BCUT2D eigenvalue weighted by Crippen LogP contribution is 2.19. The van der Waals surface area contributed by atoms with Crippen molar-refractivity contribution in [1.82, 2.24) is 9.97 Å². The molecule has 0 aliphatic heterocycles. The van der Waals surface area contributed by atoms with Gasteiger partial charge < -0.3 is 4.98 Å². The first kappa shape index (κ1) is 13.0. The summed E-state index contributed by atoms with van der Waals surface area (Å²) in [7, 11) is 1.39. The Kier molecular flexibility index (Phi) is 3.16. The number of hydrogen-bond acceptors (Lipinski definition) is 4. The highest BCUT2D eigenvalue weighted by atomic mass is 35.7. The molecule has 2 aromatic rings. The van der Waals surface area contributed by atoms with Gasteiger partial charge in [-0.05, 0) is 18.2 Å². The number of nitrogens with one attached hydrogen (secondary N) is 1. The molecule has 1 aromatic heterocycles. The van der Waals surface area contributed by atoms with E-state index < -0.39 is 9.05 Å². The van der Waals surface area contributed by atoms with E-state index in [1.807, 2.05) is 13.8 Å². The van der Waals surface area contributed by atoms with Crippen molar-refractivity contribution in [2.24, 2.45) is 0 Å². The number of nitrogens with zero attached hydrogens (tertiary/aromatic N) is 1. The molecule has 0 atom stereocenters. The van der Waals surface area contributed by atoms with E-state index in [0.717, 1.165) is 0 Å². The molecule has 7 heteroatoms. The monoisotopic (exact) mass is 286 g/mol. The normalized spacial score (nSPS) is 12.2. The Morgan fingerprint density at radius 3 is 2.56 bits per heavy atom. The van der Waals surface area contributed by atoms with Crippen molar-refractivity contribution in [3.05, 3.63) is 34.4 Å². The number of H-pyrrole nitrogens is 1. The molecule has 0 fully saturated rings. The zero-order chi connectivity index (χ0) is 13.5. The van der Waals surface area contributed by atoms with Gasteiger partial charge in [-0.1, -0.05) is 13.8 Å². The van der Waals surface area contributed by atoms with Crippen molar-refractivity contribution in [2.75, 3.05) is 0 Å². The van der Waals surface area contributed by atoms with Crippen LogP contribution < -0.4 is 5.56 Å². The fourth-order valence-corrected chi connectivity index (χ4v) is 2.34. The van der Waals surface area contributed by atoms with Gasteiger partial charge in [-0.25, -0.2) is 13.4 Å². The number of fused-ring (bicyclic) bond motifs is 1. The van der Waals surface area contributed by atoms with Gasteiger partial charge in [-0.2, -0.15) is 0 Å². The predicted octanol–water partition coefficient (Wildman–Crippen LogP) is 1.97. The zero-order valence-corrected chi connectivity index (χ0v) is 11.3. The van der Waals surface area contributed by atoms with Crippen molar-refractivity contribution < 1.29 is 8.42 Å². The lowest BCUT2D eigenvalue weighted by molar-refractivity contribution is 0.609. The summed E-state index contributed by atoms with van der Waals surface area (Å²) in [5.74, 6) is 0.646. The third kappa shape index (κ3) is 2.39. The fourth-order valence-electron chi connectivity index (χ4n) is 1.56. The maximum Gasteiger partial charge on any atom is 0.261 e. The number of aromatic nitrogens is 2. The maximum atomic E-state index is 11.8. The van der Waals surface area contributed by atoms with E-state index in [4.69, 9.17) is 10.7 Å². The smallest absolute Gasteiger partial charge is 0.261 e. The summed E-state index contributed by atoms with van der Waals surface area (Å²) in [5.41, 5.74) is 0.0809. The lowest BCUT2D eigenvalue weighted by Gasteiger charge is -2.06. The van der Waals surface area contributed by atoms with Crippen molar-refractivity contribution in [2.45, 2.75) is 24.7 Å². The van der Waals surface area contributed by atoms with E-state index in [1.54, 1.807) is 0 Å². The number of aromatic amines is 1. The molecule has 0 unspecified atom stereocenters. The average Bonchev–Trinajstić information content (AvgIpc) is 2.27. The summed E-state index contributed by atoms with van der Waals surface area (Å²) in [5, 5.41) is 0.209. The molecule has 0 aliphatic rings. The highest BCUT2D eigenvalue weighted by molar-refractivity contribution is 8.13. The van der Waals surface area contributed by atoms with E-state index in [-0.39, 0.29) is 21.8 Å². The Balaban J connectivity index is 2.78. The summed E-state index contributed by atoms with van der Waals surface area (Å²) in [6.07, 6.45) is 0. The van der Waals surface area contributed by atoms with Crippen LogP contribution in [0.1, 0.15) is 25.6 Å². The van der Waals surface area contributed by atoms with Crippen LogP contribution in [0.3, 0.4) is 0 Å². The van der Waals surface area contributed by atoms with Crippen LogP contribution >= 0.6 is 10.7 Å². The van der Waals surface area contributed by atoms with Crippen LogP contribution in [-0.2, 0) is 9.05 Å². The first-order valence-corrected chi connectivity index (χ1v) is 7.58. The molecule has 5 nitrogen and oxygen atoms in total. The second-order valence-electron chi connectivity index (χ2n) is 4.22. The molecule has 0 amide bonds. The Hall–Kier alpha value is -1.40. The second kappa shape index (κ2) is 4.37. The SMILES string of the molecule is CC(C)c1nc2ccc(S(=O)(=O)Cl)cc2c(=O)[nH]1. The molecule has 96 valence electrons. The predicted molar refractivity (Wildman–Crippen MR) is 69.5 cm³/mol. The molecule has 2 rings (SSSR count). The zero-order valence-electron chi connectivity index (χ0n) is 9.77. The molecular weight excluding hydrogens is 276 g/mol. The Morgan fingerprint density at radius 1 is 1.33 bits per heavy atom. The summed E-state index contributed by atoms with van der Waals surface area (Å²) in [6.45, 7) is 3.81. The van der Waals surface area contributed by atoms with Gasteiger partial charge in [-0.15, -0.1) is 0 Å². The summed E-state index contributed by atoms with van der Waals surface area (Å²) >= 11 is 0. The van der Waals surface area contributed by atoms with E-state index in [1.165, 1.54) is 18.2 Å². The lowest BCUT2D eigenvalue weighted by Crippen LogP contribution is -2.13. The molecule has 1 aromatic carbocycles. The minimum Gasteiger partial charge on any atom is -0.310 e. The van der Waals surface area contributed by atoms with E-state index in [2.05, 4.69) is 9.97 Å². The molecule has 0 spiro atoms. The van der Waals surface area contributed by atoms with E-state index >= 15 is 0 Å². The van der Waals surface area contributed by atoms with Gasteiger partial charge in [0.1, 0.15) is 5.82 Å². The number of rotatable bonds is 2. The molecular formula is C11H11ClN2O3S. The highest BCUT2D eigenvalue weighted by Gasteiger charge is 2.13. The first-order chi connectivity index (χ1) is 8.29. The molecule has 0 saturated heterocycles. The Labute approximate surface area is 108 Å². The van der Waals surface area contributed by atoms with Gasteiger partial charge in [-0.3, -0.25) is 4.79 Å². The third-order valence-corrected chi connectivity index (χ3v) is 3.88. The van der Waals surface area contributed by atoms with Crippen LogP contribution in [0.5, 0.6) is 0 Å². The topological polar surface area (TPSA) is 79.9 Å². The average molecular weight is 287 g/mol. The molecule has 1 heterocycles. The Morgan fingerprint density at radius 2 is 2.00 bits per heavy atom. The van der Waals surface area contributed by atoms with Gasteiger partial charge in [0.2, 0.25) is 0 Å². The second-order valence-corrected chi connectivity index (χ2v) is 6.79. The van der Waals surface area contributed by atoms with E-state index in [0.29, 0.717) is 11.3 Å². The fraction of sp³-hybridized carbons (Fsp3) is 0.273. The van der Waals surface area contributed by atoms with Gasteiger partial charge in [0.15, 0.2) is 0 Å². The van der Waals surface area contributed by atoms with E-state index in [9.17, 15) is 13.2 Å². The van der Waals surface area contributed by atoms with Crippen LogP contribution in [0.25, 0.3) is 10.9 Å². The van der Waals surface area contributed by atoms with Crippen LogP contribution in [0.15, 0.2) is 27.9 Å². The molecule has 0 aliphatic carbocycles. The van der Waals surface area contributed by atoms with Gasteiger partial charge in [0.05, 0.1) is 15.8 Å². The van der Waals surface area contributed by atoms with Crippen LogP contribution in [0, 0.1) is 0 Å². The van der Waals surface area contributed by atoms with Crippen molar-refractivity contribution in [3.63, 3.8) is 0 Å². The molecule has 1 N–H and O–H groups in total. The largest absolute Gasteiger partial charge is 0.310 e. The van der Waals surface area contributed by atoms with Crippen molar-refractivity contribution >= 4 is 30.6 Å². The molecule has 0 radical (unpaired) electrons. The minimum absolute atomic E-state index is 0.0820. The Bertz CT molecular complexity index is 765. The summed E-state index contributed by atoms with van der Waals surface area (Å²) in [6, 6.07) is 4.04. The first-order valence-electron chi connectivity index (χ1n) is 5.27. The summed E-state index contributed by atoms with van der Waals surface area (Å²) in [4.78, 5) is 18.6. The minimum atomic E-state index is -3.85. The number of halogens is 1. The molecule has 0 saturated carbocycles. The van der Waals surface area contributed by atoms with Crippen molar-refractivity contribution in [1.29, 1.82) is 0 Å². The number of hydrogen-bond donors (Lipinski definition) is 1. The third-order valence-electron chi connectivity index (χ3n) is 2.52.